The first-order chi connectivity index (χ1) is 10.1. The van der Waals surface area contributed by atoms with Crippen molar-refractivity contribution in [1.29, 1.82) is 0 Å². The van der Waals surface area contributed by atoms with Gasteiger partial charge in [0.1, 0.15) is 0 Å². The fourth-order valence-electron chi connectivity index (χ4n) is 3.20. The lowest BCUT2D eigenvalue weighted by molar-refractivity contribution is 0.0552. The summed E-state index contributed by atoms with van der Waals surface area (Å²) in [7, 11) is 0. The molecule has 0 aliphatic heterocycles. The minimum absolute atomic E-state index is 0.149. The van der Waals surface area contributed by atoms with Crippen LogP contribution in [0.3, 0.4) is 0 Å². The fraction of sp³-hybridized carbons (Fsp3) is 0.625. The van der Waals surface area contributed by atoms with Crippen LogP contribution in [0.15, 0.2) is 16.5 Å². The van der Waals surface area contributed by atoms with Gasteiger partial charge >= 0.3 is 5.97 Å². The molecule has 114 valence electrons. The highest BCUT2D eigenvalue weighted by Crippen LogP contribution is 2.36. The molecule has 2 aliphatic rings. The molecule has 5 nitrogen and oxygen atoms in total. The molecule has 1 aromatic rings. The predicted octanol–water partition coefficient (Wildman–Crippen LogP) is 3.16. The highest BCUT2D eigenvalue weighted by atomic mass is 16.4. The molecule has 0 saturated heterocycles. The van der Waals surface area contributed by atoms with Crippen molar-refractivity contribution >= 4 is 11.9 Å². The van der Waals surface area contributed by atoms with Crippen LogP contribution >= 0.6 is 0 Å². The summed E-state index contributed by atoms with van der Waals surface area (Å²) in [6, 6.07) is 3.42. The normalized spacial score (nSPS) is 25.6. The lowest BCUT2D eigenvalue weighted by atomic mass is 9.86. The van der Waals surface area contributed by atoms with Crippen LogP contribution in [0.4, 0.5) is 0 Å². The monoisotopic (exact) mass is 291 g/mol. The highest BCUT2D eigenvalue weighted by Gasteiger charge is 2.39. The number of furan rings is 1. The summed E-state index contributed by atoms with van der Waals surface area (Å²) in [5.74, 6) is -0.577. The Kier molecular flexibility index (Phi) is 3.74. The van der Waals surface area contributed by atoms with E-state index in [0.29, 0.717) is 6.04 Å². The van der Waals surface area contributed by atoms with Gasteiger partial charge in [-0.15, -0.1) is 0 Å². The summed E-state index contributed by atoms with van der Waals surface area (Å²) in [5.41, 5.74) is 0. The maximum Gasteiger partial charge on any atom is 0.371 e. The molecule has 2 fully saturated rings. The second kappa shape index (κ2) is 5.54. The van der Waals surface area contributed by atoms with E-state index >= 15 is 0 Å². The molecule has 0 spiro atoms. The first-order valence-electron chi connectivity index (χ1n) is 7.72. The lowest BCUT2D eigenvalue weighted by Gasteiger charge is -2.36. The average molecular weight is 291 g/mol. The van der Waals surface area contributed by atoms with Crippen molar-refractivity contribution in [3.63, 3.8) is 0 Å². The van der Waals surface area contributed by atoms with Gasteiger partial charge in [-0.1, -0.05) is 6.92 Å². The molecule has 2 aliphatic carbocycles. The van der Waals surface area contributed by atoms with Crippen molar-refractivity contribution < 1.29 is 19.1 Å². The van der Waals surface area contributed by atoms with Gasteiger partial charge in [0.15, 0.2) is 5.76 Å². The van der Waals surface area contributed by atoms with Crippen LogP contribution in [0.25, 0.3) is 0 Å². The largest absolute Gasteiger partial charge is 0.475 e. The second-order valence-corrected chi connectivity index (χ2v) is 6.33. The van der Waals surface area contributed by atoms with Crippen LogP contribution in [-0.4, -0.2) is 34.0 Å². The maximum absolute atomic E-state index is 12.7. The summed E-state index contributed by atoms with van der Waals surface area (Å²) in [5, 5.41) is 8.90. The number of rotatable bonds is 4. The van der Waals surface area contributed by atoms with Gasteiger partial charge in [-0.2, -0.15) is 0 Å². The van der Waals surface area contributed by atoms with Crippen molar-refractivity contribution in [3.8, 4) is 0 Å². The molecule has 2 saturated carbocycles. The van der Waals surface area contributed by atoms with Crippen LogP contribution < -0.4 is 0 Å². The van der Waals surface area contributed by atoms with Gasteiger partial charge in [-0.3, -0.25) is 4.79 Å². The topological polar surface area (TPSA) is 70.8 Å². The summed E-state index contributed by atoms with van der Waals surface area (Å²) in [6.07, 6.45) is 6.47. The Balaban J connectivity index is 1.76. The van der Waals surface area contributed by atoms with Gasteiger partial charge < -0.3 is 14.4 Å². The number of carboxylic acid groups (broad SMARTS) is 1. The molecular weight excluding hydrogens is 270 g/mol. The van der Waals surface area contributed by atoms with E-state index in [-0.39, 0.29) is 23.5 Å². The Hall–Kier alpha value is -1.78. The van der Waals surface area contributed by atoms with Crippen molar-refractivity contribution in [2.75, 3.05) is 0 Å². The van der Waals surface area contributed by atoms with E-state index in [1.54, 1.807) is 0 Å². The van der Waals surface area contributed by atoms with Gasteiger partial charge in [-0.05, 0) is 56.6 Å². The van der Waals surface area contributed by atoms with E-state index in [4.69, 9.17) is 9.52 Å². The molecule has 0 unspecified atom stereocenters. The number of carboxylic acids is 1. The minimum Gasteiger partial charge on any atom is -0.475 e. The summed E-state index contributed by atoms with van der Waals surface area (Å²) in [6.45, 7) is 2.26. The molecule has 0 bridgehead atoms. The smallest absolute Gasteiger partial charge is 0.371 e. The van der Waals surface area contributed by atoms with Crippen molar-refractivity contribution in [2.24, 2.45) is 5.92 Å². The molecule has 5 heteroatoms. The van der Waals surface area contributed by atoms with Crippen molar-refractivity contribution in [2.45, 2.75) is 57.5 Å². The predicted molar refractivity (Wildman–Crippen MR) is 76.3 cm³/mol. The van der Waals surface area contributed by atoms with Crippen molar-refractivity contribution in [3.05, 3.63) is 23.7 Å². The van der Waals surface area contributed by atoms with E-state index in [1.807, 2.05) is 4.90 Å². The molecule has 3 rings (SSSR count). The van der Waals surface area contributed by atoms with Crippen LogP contribution in [-0.2, 0) is 0 Å². The number of amides is 1. The molecule has 1 heterocycles. The molecule has 1 amide bonds. The van der Waals surface area contributed by atoms with Gasteiger partial charge in [-0.25, -0.2) is 4.79 Å². The van der Waals surface area contributed by atoms with Gasteiger partial charge in [0.25, 0.3) is 5.91 Å². The van der Waals surface area contributed by atoms with E-state index in [0.717, 1.165) is 44.4 Å². The molecule has 1 N–H and O–H groups in total. The number of carbonyl (C=O) groups is 2. The van der Waals surface area contributed by atoms with E-state index in [1.165, 1.54) is 12.1 Å². The molecule has 1 aromatic heterocycles. The van der Waals surface area contributed by atoms with E-state index < -0.39 is 5.97 Å². The van der Waals surface area contributed by atoms with E-state index in [2.05, 4.69) is 6.92 Å². The molecular formula is C16H21NO4. The quantitative estimate of drug-likeness (QED) is 0.925. The minimum atomic E-state index is -1.14. The summed E-state index contributed by atoms with van der Waals surface area (Å²) >= 11 is 0. The number of aromatic carboxylic acids is 1. The fourth-order valence-corrected chi connectivity index (χ4v) is 3.20. The van der Waals surface area contributed by atoms with Crippen LogP contribution in [0.5, 0.6) is 0 Å². The van der Waals surface area contributed by atoms with Gasteiger partial charge in [0, 0.05) is 12.1 Å². The Morgan fingerprint density at radius 1 is 1.05 bits per heavy atom. The number of hydrogen-bond acceptors (Lipinski definition) is 3. The summed E-state index contributed by atoms with van der Waals surface area (Å²) < 4.78 is 5.19. The Morgan fingerprint density at radius 3 is 2.05 bits per heavy atom. The van der Waals surface area contributed by atoms with Gasteiger partial charge in [0.05, 0.1) is 0 Å². The van der Waals surface area contributed by atoms with Crippen molar-refractivity contribution in [1.82, 2.24) is 4.90 Å². The average Bonchev–Trinajstić information content (AvgIpc) is 3.15. The van der Waals surface area contributed by atoms with Crippen LogP contribution in [0.2, 0.25) is 0 Å². The zero-order valence-electron chi connectivity index (χ0n) is 12.2. The molecule has 0 radical (unpaired) electrons. The number of hydrogen-bond donors (Lipinski definition) is 1. The third-order valence-electron chi connectivity index (χ3n) is 4.58. The van der Waals surface area contributed by atoms with Crippen LogP contribution in [0.1, 0.15) is 66.6 Å². The SMILES string of the molecule is CC1CCC(N(C(=O)c2ccc(C(=O)O)o2)C2CC2)CC1. The third-order valence-corrected chi connectivity index (χ3v) is 4.58. The molecule has 0 atom stereocenters. The number of nitrogens with zero attached hydrogens (tertiary/aromatic N) is 1. The molecule has 21 heavy (non-hydrogen) atoms. The highest BCUT2D eigenvalue weighted by molar-refractivity contribution is 5.94. The van der Waals surface area contributed by atoms with Gasteiger partial charge in [0.2, 0.25) is 5.76 Å². The number of carbonyl (C=O) groups excluding carboxylic acids is 1. The van der Waals surface area contributed by atoms with E-state index in [9.17, 15) is 9.59 Å². The first-order valence-corrected chi connectivity index (χ1v) is 7.72. The molecule has 0 aromatic carbocycles. The zero-order chi connectivity index (χ0) is 15.0. The lowest BCUT2D eigenvalue weighted by Crippen LogP contribution is -2.43. The van der Waals surface area contributed by atoms with Crippen LogP contribution in [0, 0.1) is 5.92 Å². The third kappa shape index (κ3) is 2.96. The standard InChI is InChI=1S/C16H21NO4/c1-10-2-4-11(5-3-10)17(12-6-7-12)15(18)13-8-9-14(21-13)16(19)20/h8-12H,2-7H2,1H3,(H,19,20). The Labute approximate surface area is 123 Å². The second-order valence-electron chi connectivity index (χ2n) is 6.33. The Bertz CT molecular complexity index is 538. The maximum atomic E-state index is 12.7. The Morgan fingerprint density at radius 2 is 1.57 bits per heavy atom. The first kappa shape index (κ1) is 14.2. The zero-order valence-corrected chi connectivity index (χ0v) is 12.2. The summed E-state index contributed by atoms with van der Waals surface area (Å²) in [4.78, 5) is 25.5.